The fourth-order valence-corrected chi connectivity index (χ4v) is 11.2. The van der Waals surface area contributed by atoms with Crippen LogP contribution in [0.15, 0.2) is 291 Å². The van der Waals surface area contributed by atoms with Gasteiger partial charge in [0.25, 0.3) is 0 Å². The quantitative estimate of drug-likeness (QED) is 0.119. The summed E-state index contributed by atoms with van der Waals surface area (Å²) in [6.45, 7) is 0. The number of hydrogen-bond donors (Lipinski definition) is 0. The molecular weight excluding hydrogens is 937 g/mol. The van der Waals surface area contributed by atoms with Crippen LogP contribution in [0.5, 0.6) is 0 Å². The fraction of sp³-hybridized carbons (Fsp3) is 0. The van der Waals surface area contributed by atoms with Crippen LogP contribution in [0.3, 0.4) is 0 Å². The third-order valence-electron chi connectivity index (χ3n) is 14.7. The van der Waals surface area contributed by atoms with E-state index in [4.69, 9.17) is 27.4 Å². The van der Waals surface area contributed by atoms with Crippen molar-refractivity contribution in [3.05, 3.63) is 291 Å². The molecule has 0 spiro atoms. The van der Waals surface area contributed by atoms with Crippen molar-refractivity contribution < 1.29 is 35.6 Å². The minimum atomic E-state index is -0.600. The highest BCUT2D eigenvalue weighted by Gasteiger charge is 2.20. The second-order valence-electron chi connectivity index (χ2n) is 19.0. The molecule has 0 nitrogen and oxygen atoms in total. The molecule has 0 heterocycles. The van der Waals surface area contributed by atoms with Gasteiger partial charge in [0, 0.05) is 0 Å². The van der Waals surface area contributed by atoms with Crippen LogP contribution >= 0.6 is 0 Å². The number of rotatable bonds is 5. The van der Waals surface area contributed by atoms with Gasteiger partial charge in [0.1, 0.15) is 0 Å². The minimum absolute atomic E-state index is 0.00774. The highest BCUT2D eigenvalue weighted by Crippen LogP contribution is 2.47. The predicted molar refractivity (Wildman–Crippen MR) is 337 cm³/mol. The molecule has 0 N–H and O–H groups in total. The van der Waals surface area contributed by atoms with E-state index in [1.165, 1.54) is 6.07 Å². The Morgan fingerprint density at radius 3 is 1.22 bits per heavy atom. The molecule has 78 heavy (non-hydrogen) atoms. The van der Waals surface area contributed by atoms with Gasteiger partial charge in [-0.25, -0.2) is 0 Å². The standard InChI is InChI=1S/C44H26.C34H22/c1-2-6-27(7-3-1)34-24-35(37-20-16-32-14-12-28-8-4-10-30-18-22-39(37)43(32)41(28)30)26-36(25-34)38-21-17-33-15-13-29-9-5-11-31-19-23-40(38)44(33)42(29)31;1-2-12-25-22-26(21-20-23(25)10-1)33-29-15-5-7-17-31(29)34(32-18-8-6-16-30(32)33)28-19-9-13-24-11-3-4-14-27(24)28/h1-26H;1-22H/i4D,5D,8D,9D,10D,11D,12D,13D,14D,15D,16D,17D,18D,19D,20D,21D,22D,23D;5D,6D,7D,8D,15D,16D,17D,18D. The molecule has 0 aliphatic rings. The lowest BCUT2D eigenvalue weighted by Crippen LogP contribution is -1.91. The van der Waals surface area contributed by atoms with Crippen LogP contribution in [0.2, 0.25) is 0 Å². The summed E-state index contributed by atoms with van der Waals surface area (Å²) in [7, 11) is 0. The van der Waals surface area contributed by atoms with Crippen LogP contribution < -0.4 is 0 Å². The zero-order chi connectivity index (χ0) is 73.9. The smallest absolute Gasteiger partial charge is 0.0622 e. The van der Waals surface area contributed by atoms with Gasteiger partial charge in [-0.15, -0.1) is 0 Å². The van der Waals surface area contributed by atoms with Crippen molar-refractivity contribution in [1.29, 1.82) is 0 Å². The Morgan fingerprint density at radius 1 is 0.192 bits per heavy atom. The summed E-state index contributed by atoms with van der Waals surface area (Å²) in [4.78, 5) is 0. The largest absolute Gasteiger partial charge is 0.0630 e. The summed E-state index contributed by atoms with van der Waals surface area (Å²) in [5.41, 5.74) is 3.14. The fourth-order valence-electron chi connectivity index (χ4n) is 11.2. The Bertz CT molecular complexity index is 6430. The molecule has 0 atom stereocenters. The summed E-state index contributed by atoms with van der Waals surface area (Å²) < 4.78 is 233. The van der Waals surface area contributed by atoms with Gasteiger partial charge in [-0.05, 0) is 188 Å². The Hall–Kier alpha value is -10.1. The Labute approximate surface area is 488 Å². The Kier molecular flexibility index (Phi) is 5.82. The van der Waals surface area contributed by atoms with E-state index in [-0.39, 0.29) is 133 Å². The lowest BCUT2D eigenvalue weighted by molar-refractivity contribution is 1.59. The van der Waals surface area contributed by atoms with E-state index in [1.54, 1.807) is 42.5 Å². The highest BCUT2D eigenvalue weighted by molar-refractivity contribution is 6.28. The van der Waals surface area contributed by atoms with E-state index in [1.807, 2.05) is 84.9 Å². The average molecular weight is 1010 g/mol. The summed E-state index contributed by atoms with van der Waals surface area (Å²) in [5, 5.41) is 2.93. The molecule has 360 valence electrons. The molecule has 17 rings (SSSR count). The van der Waals surface area contributed by atoms with Crippen LogP contribution in [0.1, 0.15) is 35.6 Å². The van der Waals surface area contributed by atoms with E-state index in [2.05, 4.69) is 0 Å². The maximum Gasteiger partial charge on any atom is 0.0630 e. The molecule has 0 amide bonds. The van der Waals surface area contributed by atoms with Crippen molar-refractivity contribution in [3.63, 3.8) is 0 Å². The second kappa shape index (κ2) is 17.7. The number of hydrogen-bond acceptors (Lipinski definition) is 0. The minimum Gasteiger partial charge on any atom is -0.0622 e. The van der Waals surface area contributed by atoms with Crippen molar-refractivity contribution >= 4 is 108 Å². The molecule has 17 aromatic rings. The lowest BCUT2D eigenvalue weighted by Gasteiger charge is -2.19. The third kappa shape index (κ3) is 7.01. The van der Waals surface area contributed by atoms with Crippen LogP contribution in [-0.4, -0.2) is 0 Å². The van der Waals surface area contributed by atoms with Crippen LogP contribution in [0.4, 0.5) is 0 Å². The van der Waals surface area contributed by atoms with E-state index in [9.17, 15) is 8.22 Å². The molecule has 0 radical (unpaired) electrons. The first kappa shape index (κ1) is 25.6. The van der Waals surface area contributed by atoms with Crippen LogP contribution in [-0.2, 0) is 0 Å². The van der Waals surface area contributed by atoms with E-state index in [0.29, 0.717) is 33.4 Å². The van der Waals surface area contributed by atoms with Gasteiger partial charge in [0.15, 0.2) is 0 Å². The van der Waals surface area contributed by atoms with E-state index >= 15 is 0 Å². The number of benzene rings is 17. The summed E-state index contributed by atoms with van der Waals surface area (Å²) >= 11 is 0. The van der Waals surface area contributed by atoms with Gasteiger partial charge >= 0.3 is 0 Å². The maximum absolute atomic E-state index is 9.48. The van der Waals surface area contributed by atoms with Crippen molar-refractivity contribution in [1.82, 2.24) is 0 Å². The molecule has 0 heteroatoms. The first-order chi connectivity index (χ1) is 49.5. The van der Waals surface area contributed by atoms with Gasteiger partial charge in [-0.3, -0.25) is 0 Å². The van der Waals surface area contributed by atoms with Gasteiger partial charge < -0.3 is 0 Å². The van der Waals surface area contributed by atoms with E-state index in [0.717, 1.165) is 21.5 Å². The van der Waals surface area contributed by atoms with Gasteiger partial charge in [-0.2, -0.15) is 0 Å². The Balaban J connectivity index is 0.000000173. The lowest BCUT2D eigenvalue weighted by atomic mass is 9.84. The topological polar surface area (TPSA) is 0 Å². The Morgan fingerprint density at radius 2 is 0.641 bits per heavy atom. The zero-order valence-corrected chi connectivity index (χ0v) is 40.7. The second-order valence-corrected chi connectivity index (χ2v) is 19.0. The third-order valence-corrected chi connectivity index (χ3v) is 14.7. The van der Waals surface area contributed by atoms with Gasteiger partial charge in [0.2, 0.25) is 0 Å². The average Bonchev–Trinajstić information content (AvgIpc) is 0.700. The molecule has 0 saturated heterocycles. The van der Waals surface area contributed by atoms with Gasteiger partial charge in [0.05, 0.1) is 35.6 Å². The molecule has 0 aliphatic carbocycles. The molecule has 17 aromatic carbocycles. The first-order valence-electron chi connectivity index (χ1n) is 38.0. The maximum atomic E-state index is 9.48. The molecule has 0 unspecified atom stereocenters. The van der Waals surface area contributed by atoms with Crippen molar-refractivity contribution in [2.24, 2.45) is 0 Å². The zero-order valence-electron chi connectivity index (χ0n) is 66.7. The molecule has 0 saturated carbocycles. The normalized spacial score (nSPS) is 16.5. The molecular formula is C78H48. The first-order valence-corrected chi connectivity index (χ1v) is 25.0. The molecule has 0 aromatic heterocycles. The van der Waals surface area contributed by atoms with E-state index < -0.39 is 133 Å². The van der Waals surface area contributed by atoms with Crippen molar-refractivity contribution in [2.75, 3.05) is 0 Å². The number of fused-ring (bicyclic) bond motifs is 4. The van der Waals surface area contributed by atoms with Crippen LogP contribution in [0.25, 0.3) is 163 Å². The predicted octanol–water partition coefficient (Wildman–Crippen LogP) is 22.1. The molecule has 0 aliphatic heterocycles. The van der Waals surface area contributed by atoms with Crippen molar-refractivity contribution in [3.8, 4) is 55.6 Å². The summed E-state index contributed by atoms with van der Waals surface area (Å²) in [6, 6.07) is 28.1. The summed E-state index contributed by atoms with van der Waals surface area (Å²) in [5.74, 6) is 0. The highest BCUT2D eigenvalue weighted by atomic mass is 14.2. The van der Waals surface area contributed by atoms with Gasteiger partial charge in [-0.1, -0.05) is 266 Å². The SMILES string of the molecule is [2H]c1c([2H])c([2H])c2c(-c3cccc4ccccc34)c3c([2H])c([2H])c([2H])c([2H])c3c(-c3ccc4ccccc4c3)c2c1[2H].[2H]c1c([2H])c2c([2H])c([2H])c3c([2H])c([2H])c(-c4cc(-c5ccccc5)cc(-c5c([2H])c([2H])c6c([2H])c([2H])c7c([2H])c([2H])c([2H])c8c([2H])c([2H])c5c6c78)c4)c4c([2H])c([2H])c(c1[2H])c2c34. The van der Waals surface area contributed by atoms with Crippen molar-refractivity contribution in [2.45, 2.75) is 0 Å². The summed E-state index contributed by atoms with van der Waals surface area (Å²) in [6.07, 6.45) is 0. The molecule has 0 fully saturated rings. The molecule has 0 bridgehead atoms. The van der Waals surface area contributed by atoms with Crippen LogP contribution in [0, 0.1) is 0 Å². The monoisotopic (exact) mass is 1010 g/mol.